The summed E-state index contributed by atoms with van der Waals surface area (Å²) < 4.78 is 34.7. The van der Waals surface area contributed by atoms with Crippen LogP contribution in [0.4, 0.5) is 0 Å². The molecule has 3 aromatic rings. The molecular weight excluding hydrogens is 554 g/mol. The Morgan fingerprint density at radius 3 is 1.86 bits per heavy atom. The molecule has 0 saturated carbocycles. The maximum absolute atomic E-state index is 12.2. The van der Waals surface area contributed by atoms with E-state index in [9.17, 15) is 9.59 Å². The molecule has 2 aliphatic rings. The van der Waals surface area contributed by atoms with E-state index in [1.807, 2.05) is 91.0 Å². The lowest BCUT2D eigenvalue weighted by Gasteiger charge is -2.37. The van der Waals surface area contributed by atoms with Gasteiger partial charge in [0.05, 0.1) is 26.9 Å². The highest BCUT2D eigenvalue weighted by molar-refractivity contribution is 5.94. The van der Waals surface area contributed by atoms with Crippen LogP contribution in [0.1, 0.15) is 30.5 Å². The van der Waals surface area contributed by atoms with E-state index in [2.05, 4.69) is 14.6 Å². The Morgan fingerprint density at radius 1 is 0.837 bits per heavy atom. The zero-order valence-electron chi connectivity index (χ0n) is 24.3. The van der Waals surface area contributed by atoms with Gasteiger partial charge >= 0.3 is 11.9 Å². The van der Waals surface area contributed by atoms with E-state index in [0.29, 0.717) is 0 Å². The van der Waals surface area contributed by atoms with Gasteiger partial charge in [-0.1, -0.05) is 91.0 Å². The Balaban J connectivity index is 1.49. The molecule has 0 bridgehead atoms. The second-order valence-electron chi connectivity index (χ2n) is 10.3. The van der Waals surface area contributed by atoms with Gasteiger partial charge in [-0.15, -0.1) is 0 Å². The quantitative estimate of drug-likeness (QED) is 0.112. The molecule has 43 heavy (non-hydrogen) atoms. The number of hydrogen-bond donors (Lipinski definition) is 0. The van der Waals surface area contributed by atoms with Gasteiger partial charge in [0, 0.05) is 0 Å². The standard InChI is InChI=1S/C33H33NO9/c1-32(2)41-28-26(40-30(29(28)42-32)34-43-25(31(36)38-4)20-27(35)37-3)21-39-33(22-14-8-5-9-15-22,23-16-10-6-11-17-23)24-18-12-7-13-19-24/h5-20,26,28-29H,21H2,1-4H3/b25-20+,34-30+. The molecule has 2 saturated heterocycles. The minimum Gasteiger partial charge on any atom is -0.468 e. The smallest absolute Gasteiger partial charge is 0.377 e. The van der Waals surface area contributed by atoms with E-state index in [4.69, 9.17) is 23.8 Å². The Bertz CT molecular complexity index is 1380. The molecule has 0 radical (unpaired) electrons. The lowest BCUT2D eigenvalue weighted by molar-refractivity contribution is -0.165. The van der Waals surface area contributed by atoms with Crippen molar-refractivity contribution in [3.05, 3.63) is 120 Å². The van der Waals surface area contributed by atoms with Crippen LogP contribution in [0.15, 0.2) is 108 Å². The first-order valence-corrected chi connectivity index (χ1v) is 13.7. The summed E-state index contributed by atoms with van der Waals surface area (Å²) in [5.41, 5.74) is 1.80. The number of rotatable bonds is 10. The number of carbonyl (C=O) groups excluding carboxylic acids is 2. The topological polar surface area (TPSA) is 111 Å². The number of esters is 2. The van der Waals surface area contributed by atoms with Crippen molar-refractivity contribution >= 4 is 17.8 Å². The fourth-order valence-electron chi connectivity index (χ4n) is 5.20. The van der Waals surface area contributed by atoms with E-state index in [-0.39, 0.29) is 12.5 Å². The van der Waals surface area contributed by atoms with Gasteiger partial charge in [-0.25, -0.2) is 9.59 Å². The molecule has 3 atom stereocenters. The molecule has 2 fully saturated rings. The summed E-state index contributed by atoms with van der Waals surface area (Å²) in [4.78, 5) is 29.2. The molecule has 10 heteroatoms. The summed E-state index contributed by atoms with van der Waals surface area (Å²) in [5, 5.41) is 4.01. The lowest BCUT2D eigenvalue weighted by atomic mass is 9.80. The van der Waals surface area contributed by atoms with Crippen molar-refractivity contribution in [1.82, 2.24) is 0 Å². The average molecular weight is 588 g/mol. The molecule has 5 rings (SSSR count). The van der Waals surface area contributed by atoms with E-state index in [1.165, 1.54) is 7.11 Å². The van der Waals surface area contributed by atoms with Crippen molar-refractivity contribution < 1.29 is 42.8 Å². The van der Waals surface area contributed by atoms with Crippen LogP contribution in [0.3, 0.4) is 0 Å². The second kappa shape index (κ2) is 12.8. The highest BCUT2D eigenvalue weighted by Gasteiger charge is 2.56. The molecule has 2 heterocycles. The van der Waals surface area contributed by atoms with E-state index < -0.39 is 47.4 Å². The van der Waals surface area contributed by atoms with Crippen LogP contribution < -0.4 is 0 Å². The Kier molecular flexibility index (Phi) is 8.91. The second-order valence-corrected chi connectivity index (χ2v) is 10.3. The van der Waals surface area contributed by atoms with E-state index >= 15 is 0 Å². The van der Waals surface area contributed by atoms with Crippen LogP contribution in [0.5, 0.6) is 0 Å². The Morgan fingerprint density at radius 2 is 1.37 bits per heavy atom. The third-order valence-corrected chi connectivity index (χ3v) is 7.09. The molecule has 224 valence electrons. The number of ether oxygens (including phenoxy) is 6. The van der Waals surface area contributed by atoms with Gasteiger partial charge in [-0.2, -0.15) is 0 Å². The number of methoxy groups -OCH3 is 2. The van der Waals surface area contributed by atoms with Gasteiger partial charge in [0.1, 0.15) is 11.7 Å². The van der Waals surface area contributed by atoms with Crippen molar-refractivity contribution in [3.63, 3.8) is 0 Å². The van der Waals surface area contributed by atoms with Gasteiger partial charge in [-0.3, -0.25) is 0 Å². The number of benzene rings is 3. The van der Waals surface area contributed by atoms with E-state index in [1.54, 1.807) is 13.8 Å². The van der Waals surface area contributed by atoms with Crippen LogP contribution in [-0.4, -0.2) is 62.8 Å². The number of oxime groups is 1. The molecule has 3 unspecified atom stereocenters. The molecule has 3 aromatic carbocycles. The molecule has 0 spiro atoms. The summed E-state index contributed by atoms with van der Waals surface area (Å²) >= 11 is 0. The number of carbonyl (C=O) groups is 2. The number of hydrogen-bond acceptors (Lipinski definition) is 10. The molecule has 0 aromatic heterocycles. The van der Waals surface area contributed by atoms with Gasteiger partial charge < -0.3 is 33.3 Å². The molecule has 2 aliphatic heterocycles. The summed E-state index contributed by atoms with van der Waals surface area (Å²) in [6, 6.07) is 29.9. The fourth-order valence-corrected chi connectivity index (χ4v) is 5.20. The predicted molar refractivity (Wildman–Crippen MR) is 154 cm³/mol. The summed E-state index contributed by atoms with van der Waals surface area (Å²) in [6.45, 7) is 3.63. The normalized spacial score (nSPS) is 22.0. The average Bonchev–Trinajstić information content (AvgIpc) is 3.53. The first-order chi connectivity index (χ1) is 20.8. The van der Waals surface area contributed by atoms with Crippen molar-refractivity contribution in [1.29, 1.82) is 0 Å². The Hall–Kier alpha value is -4.51. The third-order valence-electron chi connectivity index (χ3n) is 7.09. The van der Waals surface area contributed by atoms with Crippen LogP contribution in [0.25, 0.3) is 0 Å². The molecule has 0 N–H and O–H groups in total. The SMILES string of the molecule is COC(=O)/C=C(/O/N=C1/OC(COC(c2ccccc2)(c2ccccc2)c2ccccc2)C2OC(C)(C)OC12)C(=O)OC. The monoisotopic (exact) mass is 587 g/mol. The van der Waals surface area contributed by atoms with E-state index in [0.717, 1.165) is 29.9 Å². The van der Waals surface area contributed by atoms with Crippen molar-refractivity contribution in [2.45, 2.75) is 43.5 Å². The predicted octanol–water partition coefficient (Wildman–Crippen LogP) is 4.47. The number of fused-ring (bicyclic) bond motifs is 1. The van der Waals surface area contributed by atoms with Gasteiger partial charge in [0.15, 0.2) is 18.0 Å². The van der Waals surface area contributed by atoms with Crippen molar-refractivity contribution in [3.8, 4) is 0 Å². The maximum Gasteiger partial charge on any atom is 0.377 e. The fraction of sp³-hybridized carbons (Fsp3) is 0.303. The van der Waals surface area contributed by atoms with Gasteiger partial charge in [-0.05, 0) is 35.7 Å². The maximum atomic E-state index is 12.2. The lowest BCUT2D eigenvalue weighted by Crippen LogP contribution is -2.39. The van der Waals surface area contributed by atoms with Crippen LogP contribution in [0.2, 0.25) is 0 Å². The van der Waals surface area contributed by atoms with Crippen LogP contribution in [-0.2, 0) is 48.4 Å². The largest absolute Gasteiger partial charge is 0.468 e. The highest BCUT2D eigenvalue weighted by Crippen LogP contribution is 2.42. The van der Waals surface area contributed by atoms with Gasteiger partial charge in [0.25, 0.3) is 5.90 Å². The Labute approximate surface area is 249 Å². The van der Waals surface area contributed by atoms with Crippen molar-refractivity contribution in [2.75, 3.05) is 20.8 Å². The minimum absolute atomic E-state index is 0.0218. The van der Waals surface area contributed by atoms with Crippen LogP contribution >= 0.6 is 0 Å². The summed E-state index contributed by atoms with van der Waals surface area (Å²) in [7, 11) is 2.31. The molecule has 0 aliphatic carbocycles. The third kappa shape index (κ3) is 6.31. The minimum atomic E-state index is -0.991. The van der Waals surface area contributed by atoms with Crippen LogP contribution in [0, 0.1) is 0 Å². The zero-order valence-corrected chi connectivity index (χ0v) is 24.3. The molecular formula is C33H33NO9. The summed E-state index contributed by atoms with van der Waals surface area (Å²) in [6.07, 6.45) is -1.22. The highest BCUT2D eigenvalue weighted by atomic mass is 16.8. The molecule has 0 amide bonds. The number of nitrogens with zero attached hydrogens (tertiary/aromatic N) is 1. The van der Waals surface area contributed by atoms with Gasteiger partial charge in [0.2, 0.25) is 5.76 Å². The van der Waals surface area contributed by atoms with Crippen molar-refractivity contribution in [2.24, 2.45) is 5.16 Å². The summed E-state index contributed by atoms with van der Waals surface area (Å²) in [5.74, 6) is -3.17. The first-order valence-electron chi connectivity index (χ1n) is 13.7. The zero-order chi connectivity index (χ0) is 30.5. The first kappa shape index (κ1) is 30.0. The molecule has 10 nitrogen and oxygen atoms in total.